The summed E-state index contributed by atoms with van der Waals surface area (Å²) >= 11 is 1.43. The van der Waals surface area contributed by atoms with Crippen molar-refractivity contribution < 1.29 is 14.3 Å². The highest BCUT2D eigenvalue weighted by Crippen LogP contribution is 2.38. The van der Waals surface area contributed by atoms with E-state index in [4.69, 9.17) is 10.00 Å². The summed E-state index contributed by atoms with van der Waals surface area (Å²) in [6.07, 6.45) is 3.47. The average molecular weight is 306 g/mol. The molecule has 1 aromatic heterocycles. The van der Waals surface area contributed by atoms with Gasteiger partial charge in [0.1, 0.15) is 11.4 Å². The zero-order valence-electron chi connectivity index (χ0n) is 12.2. The van der Waals surface area contributed by atoms with Crippen LogP contribution in [0.2, 0.25) is 0 Å². The number of rotatable bonds is 4. The van der Waals surface area contributed by atoms with Crippen molar-refractivity contribution in [2.75, 3.05) is 5.32 Å². The van der Waals surface area contributed by atoms with Crippen LogP contribution in [0.25, 0.3) is 0 Å². The van der Waals surface area contributed by atoms with E-state index in [0.29, 0.717) is 10.6 Å². The molecule has 0 radical (unpaired) electrons. The Morgan fingerprint density at radius 2 is 2.10 bits per heavy atom. The first kappa shape index (κ1) is 15.5. The van der Waals surface area contributed by atoms with Gasteiger partial charge in [-0.25, -0.2) is 4.79 Å². The lowest BCUT2D eigenvalue weighted by molar-refractivity contribution is -0.115. The molecule has 5 nitrogen and oxygen atoms in total. The molecule has 0 aliphatic heterocycles. The van der Waals surface area contributed by atoms with Crippen molar-refractivity contribution in [2.24, 2.45) is 0 Å². The third-order valence-electron chi connectivity index (χ3n) is 3.21. The van der Waals surface area contributed by atoms with Crippen LogP contribution in [0.15, 0.2) is 0 Å². The maximum atomic E-state index is 12.3. The Bertz CT molecular complexity index is 599. The van der Waals surface area contributed by atoms with Crippen molar-refractivity contribution in [1.29, 1.82) is 5.26 Å². The third kappa shape index (κ3) is 3.61. The second kappa shape index (κ2) is 6.72. The van der Waals surface area contributed by atoms with Crippen molar-refractivity contribution in [3.8, 4) is 6.07 Å². The van der Waals surface area contributed by atoms with Gasteiger partial charge in [-0.3, -0.25) is 4.79 Å². The summed E-state index contributed by atoms with van der Waals surface area (Å²) in [5.74, 6) is -0.786. The number of hydrogen-bond acceptors (Lipinski definition) is 5. The predicted octanol–water partition coefficient (Wildman–Crippen LogP) is 3.04. The summed E-state index contributed by atoms with van der Waals surface area (Å²) in [7, 11) is 0. The zero-order valence-corrected chi connectivity index (χ0v) is 13.0. The fourth-order valence-electron chi connectivity index (χ4n) is 2.39. The number of amides is 1. The first-order valence-electron chi connectivity index (χ1n) is 7.05. The van der Waals surface area contributed by atoms with Crippen molar-refractivity contribution in [2.45, 2.75) is 52.1 Å². The molecule has 0 atom stereocenters. The summed E-state index contributed by atoms with van der Waals surface area (Å²) in [4.78, 5) is 25.1. The van der Waals surface area contributed by atoms with Gasteiger partial charge in [0, 0.05) is 4.88 Å². The van der Waals surface area contributed by atoms with Crippen LogP contribution in [-0.4, -0.2) is 18.0 Å². The van der Waals surface area contributed by atoms with Crippen LogP contribution >= 0.6 is 11.3 Å². The minimum Gasteiger partial charge on any atom is -0.459 e. The Morgan fingerprint density at radius 3 is 2.76 bits per heavy atom. The second-order valence-corrected chi connectivity index (χ2v) is 6.36. The number of ether oxygens (including phenoxy) is 1. The molecule has 21 heavy (non-hydrogen) atoms. The SMILES string of the molecule is CC(C)OC(=O)c1c(NC(=O)CC#N)sc2c1CCCC2. The molecular weight excluding hydrogens is 288 g/mol. The van der Waals surface area contributed by atoms with Gasteiger partial charge in [0.25, 0.3) is 0 Å². The van der Waals surface area contributed by atoms with E-state index in [2.05, 4.69) is 5.32 Å². The fraction of sp³-hybridized carbons (Fsp3) is 0.533. The van der Waals surface area contributed by atoms with Gasteiger partial charge in [0.15, 0.2) is 0 Å². The van der Waals surface area contributed by atoms with E-state index >= 15 is 0 Å². The van der Waals surface area contributed by atoms with E-state index in [9.17, 15) is 9.59 Å². The smallest absolute Gasteiger partial charge is 0.341 e. The van der Waals surface area contributed by atoms with Gasteiger partial charge in [0.2, 0.25) is 5.91 Å². The molecule has 6 heteroatoms. The minimum atomic E-state index is -0.394. The van der Waals surface area contributed by atoms with Crippen LogP contribution < -0.4 is 5.32 Å². The molecule has 1 aromatic rings. The molecule has 112 valence electrons. The lowest BCUT2D eigenvalue weighted by Gasteiger charge is -2.14. The number of fused-ring (bicyclic) bond motifs is 1. The van der Waals surface area contributed by atoms with Gasteiger partial charge in [-0.2, -0.15) is 5.26 Å². The standard InChI is InChI=1S/C15H18N2O3S/c1-9(2)20-15(19)13-10-5-3-4-6-11(10)21-14(13)17-12(18)7-8-16/h9H,3-7H2,1-2H3,(H,17,18). The number of hydrogen-bond donors (Lipinski definition) is 1. The van der Waals surface area contributed by atoms with Gasteiger partial charge in [-0.05, 0) is 45.1 Å². The monoisotopic (exact) mass is 306 g/mol. The molecule has 0 fully saturated rings. The molecule has 1 N–H and O–H groups in total. The van der Waals surface area contributed by atoms with Gasteiger partial charge < -0.3 is 10.1 Å². The Hall–Kier alpha value is -1.87. The van der Waals surface area contributed by atoms with Gasteiger partial charge in [0.05, 0.1) is 17.7 Å². The molecule has 2 rings (SSSR count). The number of esters is 1. The summed E-state index contributed by atoms with van der Waals surface area (Å²) < 4.78 is 5.29. The Balaban J connectivity index is 2.34. The normalized spacial score (nSPS) is 13.4. The molecule has 0 bridgehead atoms. The van der Waals surface area contributed by atoms with E-state index in [1.807, 2.05) is 0 Å². The molecule has 0 aromatic carbocycles. The minimum absolute atomic E-state index is 0.209. The number of nitrogens with one attached hydrogen (secondary N) is 1. The molecule has 1 heterocycles. The highest BCUT2D eigenvalue weighted by atomic mass is 32.1. The second-order valence-electron chi connectivity index (χ2n) is 5.25. The van der Waals surface area contributed by atoms with Crippen molar-refractivity contribution in [3.05, 3.63) is 16.0 Å². The lowest BCUT2D eigenvalue weighted by atomic mass is 9.95. The van der Waals surface area contributed by atoms with Crippen molar-refractivity contribution in [3.63, 3.8) is 0 Å². The Morgan fingerprint density at radius 1 is 1.38 bits per heavy atom. The van der Waals surface area contributed by atoms with Crippen molar-refractivity contribution in [1.82, 2.24) is 0 Å². The number of carbonyl (C=O) groups excluding carboxylic acids is 2. The summed E-state index contributed by atoms with van der Waals surface area (Å²) in [6.45, 7) is 3.59. The fourth-order valence-corrected chi connectivity index (χ4v) is 3.68. The number of anilines is 1. The zero-order chi connectivity index (χ0) is 15.4. The quantitative estimate of drug-likeness (QED) is 0.867. The van der Waals surface area contributed by atoms with E-state index in [1.54, 1.807) is 19.9 Å². The van der Waals surface area contributed by atoms with E-state index < -0.39 is 11.9 Å². The highest BCUT2D eigenvalue weighted by molar-refractivity contribution is 7.17. The van der Waals surface area contributed by atoms with Gasteiger partial charge in [-0.15, -0.1) is 11.3 Å². The topological polar surface area (TPSA) is 79.2 Å². The average Bonchev–Trinajstić information content (AvgIpc) is 2.75. The van der Waals surface area contributed by atoms with Crippen molar-refractivity contribution >= 4 is 28.2 Å². The maximum absolute atomic E-state index is 12.3. The molecule has 0 saturated heterocycles. The summed E-state index contributed by atoms with van der Waals surface area (Å²) in [5, 5.41) is 11.8. The molecule has 1 aliphatic carbocycles. The van der Waals surface area contributed by atoms with Crippen LogP contribution in [0.1, 0.15) is 53.9 Å². The molecule has 0 unspecified atom stereocenters. The predicted molar refractivity (Wildman–Crippen MR) is 80.4 cm³/mol. The Kier molecular flexibility index (Phi) is 4.97. The molecule has 1 aliphatic rings. The molecular formula is C15H18N2O3S. The van der Waals surface area contributed by atoms with Crippen LogP contribution in [0.5, 0.6) is 0 Å². The highest BCUT2D eigenvalue weighted by Gasteiger charge is 2.27. The van der Waals surface area contributed by atoms with Crippen LogP contribution in [0.4, 0.5) is 5.00 Å². The molecule has 0 saturated carbocycles. The van der Waals surface area contributed by atoms with Gasteiger partial charge in [-0.1, -0.05) is 0 Å². The number of carbonyl (C=O) groups is 2. The Labute approximate surface area is 127 Å². The van der Waals surface area contributed by atoms with E-state index in [1.165, 1.54) is 11.3 Å². The van der Waals surface area contributed by atoms with Crippen LogP contribution in [-0.2, 0) is 22.4 Å². The maximum Gasteiger partial charge on any atom is 0.341 e. The summed E-state index contributed by atoms with van der Waals surface area (Å²) in [5.41, 5.74) is 1.49. The summed E-state index contributed by atoms with van der Waals surface area (Å²) in [6, 6.07) is 1.81. The van der Waals surface area contributed by atoms with Crippen LogP contribution in [0, 0.1) is 11.3 Å². The largest absolute Gasteiger partial charge is 0.459 e. The first-order valence-corrected chi connectivity index (χ1v) is 7.87. The molecule has 1 amide bonds. The lowest BCUT2D eigenvalue weighted by Crippen LogP contribution is -2.17. The first-order chi connectivity index (χ1) is 10.0. The number of nitriles is 1. The van der Waals surface area contributed by atoms with E-state index in [0.717, 1.165) is 36.1 Å². The van der Waals surface area contributed by atoms with E-state index in [-0.39, 0.29) is 12.5 Å². The van der Waals surface area contributed by atoms with Crippen LogP contribution in [0.3, 0.4) is 0 Å². The van der Waals surface area contributed by atoms with Gasteiger partial charge >= 0.3 is 5.97 Å². The molecule has 0 spiro atoms. The number of aryl methyl sites for hydroxylation is 1. The third-order valence-corrected chi connectivity index (χ3v) is 4.42. The number of nitrogens with zero attached hydrogens (tertiary/aromatic N) is 1. The number of thiophene rings is 1.